The van der Waals surface area contributed by atoms with Gasteiger partial charge in [0.2, 0.25) is 0 Å². The van der Waals surface area contributed by atoms with E-state index in [0.717, 1.165) is 11.1 Å². The number of nitrogens with zero attached hydrogens (tertiary/aromatic N) is 2. The predicted molar refractivity (Wildman–Crippen MR) is 123 cm³/mol. The van der Waals surface area contributed by atoms with Crippen LogP contribution in [-0.4, -0.2) is 32.9 Å². The topological polar surface area (TPSA) is 92.3 Å². The number of nitriles is 2. The van der Waals surface area contributed by atoms with Crippen LogP contribution >= 0.6 is 0 Å². The van der Waals surface area contributed by atoms with E-state index in [9.17, 15) is 15.3 Å². The molecule has 0 aliphatic carbocycles. The Balaban J connectivity index is 2.04. The molecule has 6 heteroatoms. The summed E-state index contributed by atoms with van der Waals surface area (Å²) < 4.78 is 16.6. The molecule has 0 N–H and O–H groups in total. The van der Waals surface area contributed by atoms with E-state index in [1.165, 1.54) is 0 Å². The lowest BCUT2D eigenvalue weighted by Gasteiger charge is -2.35. The molecule has 0 aromatic heterocycles. The monoisotopic (exact) mass is 446 g/mol. The molecule has 6 nitrogen and oxygen atoms in total. The van der Waals surface area contributed by atoms with Gasteiger partial charge >= 0.3 is 5.97 Å². The molecule has 2 aromatic rings. The highest BCUT2D eigenvalue weighted by Crippen LogP contribution is 2.48. The standard InChI is InChI=1S/C27H30N2O4/c1-3-33-25(30)15-23-17-32-16-22(20-7-5-4-6-8-20)13-14-27(18-28,19-29)26(23)21-9-11-24(31-2)12-10-21/h4-12,22-23,26H,3,13-17H2,1-2H3. The number of esters is 1. The Kier molecular flexibility index (Phi) is 8.46. The molecule has 1 aliphatic rings. The third kappa shape index (κ3) is 5.72. The van der Waals surface area contributed by atoms with Crippen molar-refractivity contribution in [2.75, 3.05) is 26.9 Å². The molecule has 3 atom stereocenters. The third-order valence-corrected chi connectivity index (χ3v) is 6.42. The van der Waals surface area contributed by atoms with Crippen LogP contribution in [0.25, 0.3) is 0 Å². The number of rotatable bonds is 6. The van der Waals surface area contributed by atoms with E-state index in [1.54, 1.807) is 14.0 Å². The highest BCUT2D eigenvalue weighted by molar-refractivity contribution is 5.70. The fraction of sp³-hybridized carbons (Fsp3) is 0.444. The molecule has 0 amide bonds. The number of carbonyl (C=O) groups excluding carboxylic acids is 1. The fourth-order valence-corrected chi connectivity index (χ4v) is 4.74. The number of hydrogen-bond acceptors (Lipinski definition) is 6. The molecule has 2 aromatic carbocycles. The highest BCUT2D eigenvalue weighted by atomic mass is 16.5. The first kappa shape index (κ1) is 24.3. The third-order valence-electron chi connectivity index (χ3n) is 6.42. The van der Waals surface area contributed by atoms with Crippen molar-refractivity contribution in [1.29, 1.82) is 10.5 Å². The van der Waals surface area contributed by atoms with Crippen LogP contribution < -0.4 is 4.74 Å². The lowest BCUT2D eigenvalue weighted by atomic mass is 9.64. The minimum absolute atomic E-state index is 0.0603. The lowest BCUT2D eigenvalue weighted by Crippen LogP contribution is -2.35. The SMILES string of the molecule is CCOC(=O)CC1COCC(c2ccccc2)CCC(C#N)(C#N)C1c1ccc(OC)cc1. The molecule has 0 bridgehead atoms. The summed E-state index contributed by atoms with van der Waals surface area (Å²) in [5.41, 5.74) is 0.619. The maximum absolute atomic E-state index is 12.5. The van der Waals surface area contributed by atoms with Crippen molar-refractivity contribution < 1.29 is 19.0 Å². The summed E-state index contributed by atoms with van der Waals surface area (Å²) in [4.78, 5) is 12.5. The zero-order valence-corrected chi connectivity index (χ0v) is 19.2. The molecule has 3 rings (SSSR count). The van der Waals surface area contributed by atoms with Gasteiger partial charge in [-0.3, -0.25) is 4.79 Å². The molecular weight excluding hydrogens is 416 g/mol. The second-order valence-electron chi connectivity index (χ2n) is 8.40. The van der Waals surface area contributed by atoms with Gasteiger partial charge in [-0.05, 0) is 43.0 Å². The van der Waals surface area contributed by atoms with E-state index in [0.29, 0.717) is 25.2 Å². The van der Waals surface area contributed by atoms with Gasteiger partial charge in [0.05, 0.1) is 45.5 Å². The molecule has 172 valence electrons. The number of benzene rings is 2. The van der Waals surface area contributed by atoms with Crippen LogP contribution in [0, 0.1) is 34.0 Å². The van der Waals surface area contributed by atoms with Crippen LogP contribution in [0.3, 0.4) is 0 Å². The second kappa shape index (κ2) is 11.5. The van der Waals surface area contributed by atoms with Crippen molar-refractivity contribution in [2.45, 2.75) is 38.0 Å². The van der Waals surface area contributed by atoms with Gasteiger partial charge in [0.1, 0.15) is 5.75 Å². The largest absolute Gasteiger partial charge is 0.497 e. The molecular formula is C27H30N2O4. The minimum atomic E-state index is -1.31. The van der Waals surface area contributed by atoms with Crippen molar-refractivity contribution in [3.63, 3.8) is 0 Å². The second-order valence-corrected chi connectivity index (χ2v) is 8.40. The normalized spacial score (nSPS) is 22.5. The summed E-state index contributed by atoms with van der Waals surface area (Å²) in [7, 11) is 1.59. The van der Waals surface area contributed by atoms with E-state index >= 15 is 0 Å². The van der Waals surface area contributed by atoms with E-state index in [1.807, 2.05) is 54.6 Å². The van der Waals surface area contributed by atoms with Gasteiger partial charge in [-0.25, -0.2) is 0 Å². The Hall–Kier alpha value is -3.35. The quantitative estimate of drug-likeness (QED) is 0.581. The zero-order chi connectivity index (χ0) is 23.7. The molecule has 0 spiro atoms. The van der Waals surface area contributed by atoms with E-state index < -0.39 is 11.3 Å². The van der Waals surface area contributed by atoms with Crippen LogP contribution in [0.15, 0.2) is 54.6 Å². The minimum Gasteiger partial charge on any atom is -0.497 e. The first-order chi connectivity index (χ1) is 16.1. The van der Waals surface area contributed by atoms with Gasteiger partial charge in [0.25, 0.3) is 0 Å². The fourth-order valence-electron chi connectivity index (χ4n) is 4.74. The Morgan fingerprint density at radius 2 is 1.76 bits per heavy atom. The molecule has 3 unspecified atom stereocenters. The Labute approximate surface area is 195 Å². The summed E-state index contributed by atoms with van der Waals surface area (Å²) in [6.45, 7) is 2.75. The van der Waals surface area contributed by atoms with Crippen LogP contribution in [-0.2, 0) is 14.3 Å². The van der Waals surface area contributed by atoms with Crippen molar-refractivity contribution in [3.05, 3.63) is 65.7 Å². The van der Waals surface area contributed by atoms with Gasteiger partial charge in [0, 0.05) is 17.8 Å². The Bertz CT molecular complexity index is 978. The summed E-state index contributed by atoms with van der Waals surface area (Å²) in [6.07, 6.45) is 1.08. The average Bonchev–Trinajstić information content (AvgIpc) is 2.93. The van der Waals surface area contributed by atoms with Crippen molar-refractivity contribution in [2.24, 2.45) is 11.3 Å². The molecule has 1 aliphatic heterocycles. The first-order valence-electron chi connectivity index (χ1n) is 11.3. The maximum atomic E-state index is 12.5. The van der Waals surface area contributed by atoms with E-state index in [4.69, 9.17) is 14.2 Å². The summed E-state index contributed by atoms with van der Waals surface area (Å²) in [6, 6.07) is 22.1. The number of carbonyl (C=O) groups is 1. The van der Waals surface area contributed by atoms with Crippen LogP contribution in [0.4, 0.5) is 0 Å². The van der Waals surface area contributed by atoms with Crippen LogP contribution in [0.5, 0.6) is 5.75 Å². The van der Waals surface area contributed by atoms with Gasteiger partial charge in [-0.15, -0.1) is 0 Å². The molecule has 1 saturated heterocycles. The van der Waals surface area contributed by atoms with E-state index in [2.05, 4.69) is 12.1 Å². The Morgan fingerprint density at radius 3 is 2.36 bits per heavy atom. The average molecular weight is 447 g/mol. The van der Waals surface area contributed by atoms with Gasteiger partial charge in [0.15, 0.2) is 5.41 Å². The summed E-state index contributed by atoms with van der Waals surface area (Å²) >= 11 is 0. The van der Waals surface area contributed by atoms with Gasteiger partial charge in [-0.2, -0.15) is 10.5 Å². The van der Waals surface area contributed by atoms with Gasteiger partial charge < -0.3 is 14.2 Å². The zero-order valence-electron chi connectivity index (χ0n) is 19.2. The Morgan fingerprint density at radius 1 is 1.06 bits per heavy atom. The maximum Gasteiger partial charge on any atom is 0.306 e. The molecule has 1 heterocycles. The van der Waals surface area contributed by atoms with Crippen LogP contribution in [0.2, 0.25) is 0 Å². The molecule has 0 saturated carbocycles. The van der Waals surface area contributed by atoms with Crippen molar-refractivity contribution in [3.8, 4) is 17.9 Å². The van der Waals surface area contributed by atoms with Crippen molar-refractivity contribution >= 4 is 5.97 Å². The van der Waals surface area contributed by atoms with E-state index in [-0.39, 0.29) is 37.4 Å². The smallest absolute Gasteiger partial charge is 0.306 e. The number of hydrogen-bond donors (Lipinski definition) is 0. The van der Waals surface area contributed by atoms with Crippen LogP contribution in [0.1, 0.15) is 49.1 Å². The number of methoxy groups -OCH3 is 1. The van der Waals surface area contributed by atoms with Gasteiger partial charge in [-0.1, -0.05) is 42.5 Å². The first-order valence-corrected chi connectivity index (χ1v) is 11.3. The molecule has 0 radical (unpaired) electrons. The van der Waals surface area contributed by atoms with Crippen molar-refractivity contribution in [1.82, 2.24) is 0 Å². The highest BCUT2D eigenvalue weighted by Gasteiger charge is 2.46. The summed E-state index contributed by atoms with van der Waals surface area (Å²) in [5.74, 6) is -0.509. The molecule has 1 fully saturated rings. The molecule has 33 heavy (non-hydrogen) atoms. The lowest BCUT2D eigenvalue weighted by molar-refractivity contribution is -0.145. The predicted octanol–water partition coefficient (Wildman–Crippen LogP) is 4.98. The number of ether oxygens (including phenoxy) is 3. The summed E-state index contributed by atoms with van der Waals surface area (Å²) in [5, 5.41) is 20.7.